The third-order valence-corrected chi connectivity index (χ3v) is 7.66. The first-order chi connectivity index (χ1) is 18.0. The van der Waals surface area contributed by atoms with Crippen molar-refractivity contribution >= 4 is 11.5 Å². The minimum Gasteiger partial charge on any atom is -0.379 e. The van der Waals surface area contributed by atoms with Gasteiger partial charge in [0.1, 0.15) is 5.82 Å². The number of benzene rings is 1. The number of hydrogen-bond donors (Lipinski definition) is 0. The average molecular weight is 499 g/mol. The Morgan fingerprint density at radius 3 is 2.51 bits per heavy atom. The van der Waals surface area contributed by atoms with Crippen molar-refractivity contribution in [3.63, 3.8) is 0 Å². The maximum absolute atomic E-state index is 5.43. The number of rotatable bonds is 6. The summed E-state index contributed by atoms with van der Waals surface area (Å²) in [5.74, 6) is 2.05. The van der Waals surface area contributed by atoms with Crippen molar-refractivity contribution < 1.29 is 4.74 Å². The molecule has 2 aliphatic rings. The molecule has 0 aliphatic carbocycles. The lowest BCUT2D eigenvalue weighted by Crippen LogP contribution is -2.35. The van der Waals surface area contributed by atoms with Crippen LogP contribution in [0.5, 0.6) is 0 Å². The van der Waals surface area contributed by atoms with E-state index in [4.69, 9.17) is 9.72 Å². The second kappa shape index (κ2) is 10.1. The van der Waals surface area contributed by atoms with Crippen LogP contribution >= 0.6 is 0 Å². The molecule has 0 spiro atoms. The van der Waals surface area contributed by atoms with Crippen molar-refractivity contribution in [3.05, 3.63) is 65.1 Å². The SMILES string of the molecule is Cc1nc2nc(C)c(C[C@@H]3CCN(c4ccc(-c5cnc(CN6CCOCC6)cn5)cc4)C3)c(C)n2n1. The topological polar surface area (TPSA) is 84.6 Å². The van der Waals surface area contributed by atoms with Crippen LogP contribution in [0.3, 0.4) is 0 Å². The van der Waals surface area contributed by atoms with Gasteiger partial charge in [-0.25, -0.2) is 9.50 Å². The van der Waals surface area contributed by atoms with Gasteiger partial charge < -0.3 is 9.64 Å². The summed E-state index contributed by atoms with van der Waals surface area (Å²) in [4.78, 5) is 23.3. The molecule has 0 saturated carbocycles. The maximum atomic E-state index is 5.43. The summed E-state index contributed by atoms with van der Waals surface area (Å²) in [7, 11) is 0. The van der Waals surface area contributed by atoms with Gasteiger partial charge in [0, 0.05) is 55.4 Å². The van der Waals surface area contributed by atoms with Crippen LogP contribution in [0.25, 0.3) is 17.0 Å². The summed E-state index contributed by atoms with van der Waals surface area (Å²) in [5, 5.41) is 4.53. The first-order valence-corrected chi connectivity index (χ1v) is 13.2. The van der Waals surface area contributed by atoms with Crippen LogP contribution in [0.2, 0.25) is 0 Å². The van der Waals surface area contributed by atoms with Gasteiger partial charge in [0.15, 0.2) is 0 Å². The Labute approximate surface area is 217 Å². The van der Waals surface area contributed by atoms with Crippen LogP contribution in [-0.2, 0) is 17.7 Å². The summed E-state index contributed by atoms with van der Waals surface area (Å²) in [6.07, 6.45) is 5.98. The molecule has 9 heteroatoms. The molecule has 6 rings (SSSR count). The molecule has 2 aliphatic heterocycles. The Morgan fingerprint density at radius 1 is 0.946 bits per heavy atom. The van der Waals surface area contributed by atoms with Crippen molar-refractivity contribution in [3.8, 4) is 11.3 Å². The van der Waals surface area contributed by atoms with E-state index in [9.17, 15) is 0 Å². The number of aromatic nitrogens is 6. The van der Waals surface area contributed by atoms with Gasteiger partial charge in [-0.15, -0.1) is 0 Å². The molecule has 1 aromatic carbocycles. The molecule has 0 unspecified atom stereocenters. The molecular weight excluding hydrogens is 464 g/mol. The molecular formula is C28H34N8O. The molecule has 0 bridgehead atoms. The van der Waals surface area contributed by atoms with E-state index in [1.807, 2.05) is 23.8 Å². The molecule has 2 saturated heterocycles. The summed E-state index contributed by atoms with van der Waals surface area (Å²) in [6.45, 7) is 12.6. The highest BCUT2D eigenvalue weighted by Crippen LogP contribution is 2.29. The lowest BCUT2D eigenvalue weighted by atomic mass is 9.96. The van der Waals surface area contributed by atoms with Crippen molar-refractivity contribution in [1.82, 2.24) is 34.4 Å². The number of morpholine rings is 1. The van der Waals surface area contributed by atoms with Gasteiger partial charge in [0.2, 0.25) is 0 Å². The standard InChI is InChI=1S/C28H34N8O/c1-19-26(20(2)36-28(31-19)32-21(3)33-36)14-22-8-9-35(17-22)25-6-4-23(5-7-25)27-16-29-24(15-30-27)18-34-10-12-37-13-11-34/h4-7,15-16,22H,8-14,17-18H2,1-3H3/t22-/m0/s1. The minimum atomic E-state index is 0.589. The summed E-state index contributed by atoms with van der Waals surface area (Å²) >= 11 is 0. The smallest absolute Gasteiger partial charge is 0.252 e. The molecule has 5 heterocycles. The molecule has 4 aromatic rings. The molecule has 3 aromatic heterocycles. The van der Waals surface area contributed by atoms with Crippen LogP contribution in [0.1, 0.15) is 34.9 Å². The van der Waals surface area contributed by atoms with Gasteiger partial charge in [0.05, 0.1) is 37.0 Å². The lowest BCUT2D eigenvalue weighted by Gasteiger charge is -2.25. The van der Waals surface area contributed by atoms with E-state index in [2.05, 4.69) is 68.0 Å². The second-order valence-corrected chi connectivity index (χ2v) is 10.3. The third kappa shape index (κ3) is 5.06. The molecule has 9 nitrogen and oxygen atoms in total. The van der Waals surface area contributed by atoms with Crippen LogP contribution < -0.4 is 4.90 Å². The average Bonchev–Trinajstić information content (AvgIpc) is 3.54. The Morgan fingerprint density at radius 2 is 1.76 bits per heavy atom. The number of aryl methyl sites for hydroxylation is 3. The quantitative estimate of drug-likeness (QED) is 0.400. The van der Waals surface area contributed by atoms with Crippen LogP contribution in [-0.4, -0.2) is 73.8 Å². The number of anilines is 1. The second-order valence-electron chi connectivity index (χ2n) is 10.3. The predicted molar refractivity (Wildman–Crippen MR) is 143 cm³/mol. The van der Waals surface area contributed by atoms with Gasteiger partial charge in [0.25, 0.3) is 5.78 Å². The Bertz CT molecular complexity index is 1380. The first-order valence-electron chi connectivity index (χ1n) is 13.2. The zero-order valence-corrected chi connectivity index (χ0v) is 21.9. The number of nitrogens with zero attached hydrogens (tertiary/aromatic N) is 8. The van der Waals surface area contributed by atoms with Crippen molar-refractivity contribution in [1.29, 1.82) is 0 Å². The normalized spacial score (nSPS) is 18.7. The Kier molecular flexibility index (Phi) is 6.56. The van der Waals surface area contributed by atoms with Gasteiger partial charge in [-0.2, -0.15) is 10.1 Å². The van der Waals surface area contributed by atoms with Crippen LogP contribution in [0.15, 0.2) is 36.7 Å². The maximum Gasteiger partial charge on any atom is 0.252 e. The van der Waals surface area contributed by atoms with Crippen LogP contribution in [0.4, 0.5) is 5.69 Å². The van der Waals surface area contributed by atoms with Crippen molar-refractivity contribution in [2.45, 2.75) is 40.2 Å². The molecule has 1 atom stereocenters. The van der Waals surface area contributed by atoms with E-state index >= 15 is 0 Å². The predicted octanol–water partition coefficient (Wildman–Crippen LogP) is 3.41. The zero-order chi connectivity index (χ0) is 25.4. The van der Waals surface area contributed by atoms with Gasteiger partial charge in [-0.3, -0.25) is 14.9 Å². The zero-order valence-electron chi connectivity index (χ0n) is 21.9. The molecule has 0 radical (unpaired) electrons. The van der Waals surface area contributed by atoms with Crippen molar-refractivity contribution in [2.75, 3.05) is 44.3 Å². The molecule has 0 amide bonds. The number of fused-ring (bicyclic) bond motifs is 1. The fourth-order valence-corrected chi connectivity index (χ4v) is 5.54. The molecule has 192 valence electrons. The fraction of sp³-hybridized carbons (Fsp3) is 0.464. The largest absolute Gasteiger partial charge is 0.379 e. The number of hydrogen-bond acceptors (Lipinski definition) is 8. The monoisotopic (exact) mass is 498 g/mol. The number of ether oxygens (including phenoxy) is 1. The Balaban J connectivity index is 1.09. The highest BCUT2D eigenvalue weighted by atomic mass is 16.5. The van der Waals surface area contributed by atoms with E-state index < -0.39 is 0 Å². The summed E-state index contributed by atoms with van der Waals surface area (Å²) in [5.41, 5.74) is 7.80. The van der Waals surface area contributed by atoms with E-state index in [1.54, 1.807) is 0 Å². The highest BCUT2D eigenvalue weighted by molar-refractivity contribution is 5.62. The molecule has 37 heavy (non-hydrogen) atoms. The van der Waals surface area contributed by atoms with Gasteiger partial charge >= 0.3 is 0 Å². The van der Waals surface area contributed by atoms with E-state index in [0.29, 0.717) is 11.7 Å². The van der Waals surface area contributed by atoms with E-state index in [-0.39, 0.29) is 0 Å². The van der Waals surface area contributed by atoms with Gasteiger partial charge in [-0.1, -0.05) is 12.1 Å². The van der Waals surface area contributed by atoms with E-state index in [1.165, 1.54) is 17.7 Å². The first kappa shape index (κ1) is 23.9. The van der Waals surface area contributed by atoms with E-state index in [0.717, 1.165) is 86.5 Å². The third-order valence-electron chi connectivity index (χ3n) is 7.66. The summed E-state index contributed by atoms with van der Waals surface area (Å²) < 4.78 is 7.32. The minimum absolute atomic E-state index is 0.589. The van der Waals surface area contributed by atoms with Crippen molar-refractivity contribution in [2.24, 2.45) is 5.92 Å². The van der Waals surface area contributed by atoms with Crippen LogP contribution in [0, 0.1) is 26.7 Å². The molecule has 2 fully saturated rings. The highest BCUT2D eigenvalue weighted by Gasteiger charge is 2.25. The van der Waals surface area contributed by atoms with Gasteiger partial charge in [-0.05, 0) is 57.2 Å². The summed E-state index contributed by atoms with van der Waals surface area (Å²) in [6, 6.07) is 8.74. The lowest BCUT2D eigenvalue weighted by molar-refractivity contribution is 0.0336. The fourth-order valence-electron chi connectivity index (χ4n) is 5.54. The molecule has 0 N–H and O–H groups in total. The Hall–Kier alpha value is -3.43.